The first-order valence-corrected chi connectivity index (χ1v) is 6.74. The summed E-state index contributed by atoms with van der Waals surface area (Å²) in [6, 6.07) is 4.32. The van der Waals surface area contributed by atoms with E-state index in [0.29, 0.717) is 0 Å². The third-order valence-electron chi connectivity index (χ3n) is 3.78. The number of imide groups is 1. The summed E-state index contributed by atoms with van der Waals surface area (Å²) in [5, 5.41) is 31.0. The molecule has 1 heterocycles. The highest BCUT2D eigenvalue weighted by Crippen LogP contribution is 2.40. The maximum Gasteiger partial charge on any atom is 0.284 e. The van der Waals surface area contributed by atoms with Crippen LogP contribution in [0.1, 0.15) is 20.7 Å². The molecular weight excluding hydrogens is 322 g/mol. The molecule has 1 aliphatic heterocycles. The summed E-state index contributed by atoms with van der Waals surface area (Å²) >= 11 is 0. The summed E-state index contributed by atoms with van der Waals surface area (Å²) in [7, 11) is 0. The van der Waals surface area contributed by atoms with Gasteiger partial charge >= 0.3 is 0 Å². The highest BCUT2D eigenvalue weighted by Gasteiger charge is 2.37. The van der Waals surface area contributed by atoms with Crippen molar-refractivity contribution in [1.82, 2.24) is 4.90 Å². The molecule has 0 unspecified atom stereocenters. The molecule has 3 rings (SSSR count). The van der Waals surface area contributed by atoms with Gasteiger partial charge in [-0.05, 0) is 12.1 Å². The third-order valence-corrected chi connectivity index (χ3v) is 3.78. The van der Waals surface area contributed by atoms with Crippen LogP contribution in [0.3, 0.4) is 0 Å². The summed E-state index contributed by atoms with van der Waals surface area (Å²) in [4.78, 5) is 46.5. The van der Waals surface area contributed by atoms with Crippen molar-refractivity contribution < 1.29 is 24.5 Å². The van der Waals surface area contributed by atoms with Crippen molar-refractivity contribution in [1.29, 1.82) is 0 Å². The molecule has 10 heteroatoms. The van der Waals surface area contributed by atoms with Crippen molar-refractivity contribution in [3.05, 3.63) is 55.6 Å². The number of amides is 2. The van der Waals surface area contributed by atoms with E-state index in [9.17, 15) is 29.8 Å². The molecule has 1 N–H and O–H groups in total. The molecule has 0 saturated heterocycles. The summed E-state index contributed by atoms with van der Waals surface area (Å²) in [6.45, 7) is -0.692. The van der Waals surface area contributed by atoms with Gasteiger partial charge in [0.15, 0.2) is 0 Å². The van der Waals surface area contributed by atoms with Crippen LogP contribution in [0.15, 0.2) is 24.3 Å². The zero-order valence-electron chi connectivity index (χ0n) is 12.0. The highest BCUT2D eigenvalue weighted by molar-refractivity contribution is 6.27. The molecule has 0 spiro atoms. The lowest BCUT2D eigenvalue weighted by molar-refractivity contribution is -0.390. The first-order valence-electron chi connectivity index (χ1n) is 6.74. The van der Waals surface area contributed by atoms with Gasteiger partial charge in [-0.25, -0.2) is 0 Å². The predicted molar refractivity (Wildman–Crippen MR) is 79.7 cm³/mol. The standard InChI is InChI=1S/C14H9N3O7/c18-6-5-15-13(19)7-1-3-9(16(21)22)12-10(17(23)24)4-2-8(11(7)12)14(15)20/h1-4,18H,5-6H2. The summed E-state index contributed by atoms with van der Waals surface area (Å²) in [6.07, 6.45) is 0. The van der Waals surface area contributed by atoms with E-state index in [1.54, 1.807) is 0 Å². The first-order chi connectivity index (χ1) is 11.4. The van der Waals surface area contributed by atoms with E-state index in [0.717, 1.165) is 29.2 Å². The van der Waals surface area contributed by atoms with Crippen molar-refractivity contribution >= 4 is 34.0 Å². The Balaban J connectivity index is 2.46. The minimum absolute atomic E-state index is 0.0534. The fourth-order valence-corrected chi connectivity index (χ4v) is 2.81. The van der Waals surface area contributed by atoms with Gasteiger partial charge in [0.2, 0.25) is 0 Å². The Labute approximate surface area is 133 Å². The topological polar surface area (TPSA) is 144 Å². The molecule has 1 aliphatic rings. The number of aliphatic hydroxyl groups is 1. The Morgan fingerprint density at radius 3 is 1.71 bits per heavy atom. The number of hydrogen-bond acceptors (Lipinski definition) is 7. The Morgan fingerprint density at radius 1 is 0.875 bits per heavy atom. The second-order valence-corrected chi connectivity index (χ2v) is 5.01. The van der Waals surface area contributed by atoms with E-state index < -0.39 is 39.6 Å². The van der Waals surface area contributed by atoms with Gasteiger partial charge in [-0.1, -0.05) is 0 Å². The number of hydrogen-bond donors (Lipinski definition) is 1. The van der Waals surface area contributed by atoms with E-state index in [2.05, 4.69) is 0 Å². The maximum absolute atomic E-state index is 12.4. The number of carbonyl (C=O) groups is 2. The molecule has 0 bridgehead atoms. The minimum atomic E-state index is -0.801. The quantitative estimate of drug-likeness (QED) is 0.504. The SMILES string of the molecule is O=C1c2ccc([N+](=O)[O-])c3c([N+](=O)[O-])ccc(c23)C(=O)N1CCO. The number of benzene rings is 2. The van der Waals surface area contributed by atoms with Gasteiger partial charge < -0.3 is 5.11 Å². The van der Waals surface area contributed by atoms with Crippen LogP contribution in [-0.2, 0) is 0 Å². The normalized spacial score (nSPS) is 13.5. The average Bonchev–Trinajstić information content (AvgIpc) is 2.55. The lowest BCUT2D eigenvalue weighted by Gasteiger charge is -2.26. The Kier molecular flexibility index (Phi) is 3.45. The zero-order valence-corrected chi connectivity index (χ0v) is 12.0. The monoisotopic (exact) mass is 331 g/mol. The summed E-state index contributed by atoms with van der Waals surface area (Å²) in [5.74, 6) is -1.52. The number of rotatable bonds is 4. The average molecular weight is 331 g/mol. The van der Waals surface area contributed by atoms with Gasteiger partial charge in [-0.3, -0.25) is 34.7 Å². The highest BCUT2D eigenvalue weighted by atomic mass is 16.6. The van der Waals surface area contributed by atoms with Gasteiger partial charge in [0.05, 0.1) is 23.0 Å². The van der Waals surface area contributed by atoms with Crippen LogP contribution in [0.5, 0.6) is 0 Å². The molecule has 10 nitrogen and oxygen atoms in total. The van der Waals surface area contributed by atoms with Crippen LogP contribution in [-0.4, -0.2) is 44.8 Å². The zero-order chi connectivity index (χ0) is 17.6. The molecule has 0 atom stereocenters. The van der Waals surface area contributed by atoms with Gasteiger partial charge in [-0.2, -0.15) is 0 Å². The van der Waals surface area contributed by atoms with E-state index in [1.165, 1.54) is 0 Å². The molecule has 2 amide bonds. The predicted octanol–water partition coefficient (Wildman–Crippen LogP) is 1.24. The molecule has 0 radical (unpaired) electrons. The van der Waals surface area contributed by atoms with Crippen molar-refractivity contribution in [2.45, 2.75) is 0 Å². The molecule has 0 aromatic heterocycles. The van der Waals surface area contributed by atoms with Gasteiger partial charge in [0.1, 0.15) is 5.39 Å². The number of carbonyl (C=O) groups excluding carboxylic acids is 2. The van der Waals surface area contributed by atoms with E-state index in [4.69, 9.17) is 5.11 Å². The molecule has 0 saturated carbocycles. The number of nitro benzene ring substituents is 2. The van der Waals surface area contributed by atoms with Crippen LogP contribution >= 0.6 is 0 Å². The van der Waals surface area contributed by atoms with E-state index in [1.807, 2.05) is 0 Å². The Bertz CT molecular complexity index is 869. The van der Waals surface area contributed by atoms with Gasteiger partial charge in [0.25, 0.3) is 23.2 Å². The first kappa shape index (κ1) is 15.5. The van der Waals surface area contributed by atoms with E-state index in [-0.39, 0.29) is 28.4 Å². The number of non-ortho nitro benzene ring substituents is 2. The van der Waals surface area contributed by atoms with Crippen molar-refractivity contribution in [2.75, 3.05) is 13.2 Å². The van der Waals surface area contributed by atoms with Crippen LogP contribution in [0.4, 0.5) is 11.4 Å². The van der Waals surface area contributed by atoms with Crippen molar-refractivity contribution in [3.8, 4) is 0 Å². The molecule has 2 aromatic rings. The molecule has 0 fully saturated rings. The number of aliphatic hydroxyl groups excluding tert-OH is 1. The van der Waals surface area contributed by atoms with E-state index >= 15 is 0 Å². The molecule has 0 aliphatic carbocycles. The molecule has 24 heavy (non-hydrogen) atoms. The van der Waals surface area contributed by atoms with Gasteiger partial charge in [-0.15, -0.1) is 0 Å². The second-order valence-electron chi connectivity index (χ2n) is 5.01. The Morgan fingerprint density at radius 2 is 1.33 bits per heavy atom. The maximum atomic E-state index is 12.4. The fourth-order valence-electron chi connectivity index (χ4n) is 2.81. The van der Waals surface area contributed by atoms with Crippen LogP contribution in [0.25, 0.3) is 10.8 Å². The summed E-state index contributed by atoms with van der Waals surface area (Å²) in [5.41, 5.74) is -1.22. The van der Waals surface area contributed by atoms with Crippen LogP contribution in [0, 0.1) is 20.2 Å². The van der Waals surface area contributed by atoms with Crippen molar-refractivity contribution in [3.63, 3.8) is 0 Å². The Hall–Kier alpha value is -3.40. The minimum Gasteiger partial charge on any atom is -0.395 e. The summed E-state index contributed by atoms with van der Waals surface area (Å²) < 4.78 is 0. The third kappa shape index (κ3) is 2.01. The number of nitro groups is 2. The van der Waals surface area contributed by atoms with Crippen molar-refractivity contribution in [2.24, 2.45) is 0 Å². The smallest absolute Gasteiger partial charge is 0.284 e. The fraction of sp³-hybridized carbons (Fsp3) is 0.143. The van der Waals surface area contributed by atoms with Gasteiger partial charge in [0, 0.05) is 28.6 Å². The lowest BCUT2D eigenvalue weighted by atomic mass is 9.92. The lowest BCUT2D eigenvalue weighted by Crippen LogP contribution is -2.42. The number of β-amino-alcohol motifs (C(OH)–C–C–N with tert-alkyl or cyclic N) is 1. The second kappa shape index (κ2) is 5.35. The molecule has 2 aromatic carbocycles. The van der Waals surface area contributed by atoms with Crippen LogP contribution < -0.4 is 0 Å². The molecular formula is C14H9N3O7. The largest absolute Gasteiger partial charge is 0.395 e. The van der Waals surface area contributed by atoms with Crippen LogP contribution in [0.2, 0.25) is 0 Å². The number of nitrogens with zero attached hydrogens (tertiary/aromatic N) is 3. The molecule has 122 valence electrons.